The Labute approximate surface area is 163 Å². The van der Waals surface area contributed by atoms with Crippen molar-refractivity contribution in [2.45, 2.75) is 147 Å². The van der Waals surface area contributed by atoms with Gasteiger partial charge in [0.05, 0.1) is 0 Å². The summed E-state index contributed by atoms with van der Waals surface area (Å²) in [6.45, 7) is 0. The summed E-state index contributed by atoms with van der Waals surface area (Å²) in [6.07, 6.45) is 30.5. The smallest absolute Gasteiger partial charge is 0.0101 e. The van der Waals surface area contributed by atoms with E-state index in [-0.39, 0.29) is 0 Å². The summed E-state index contributed by atoms with van der Waals surface area (Å²) in [6, 6.07) is 2.85. The van der Waals surface area contributed by atoms with Gasteiger partial charge in [-0.2, -0.15) is 0 Å². The molecule has 26 heavy (non-hydrogen) atoms. The van der Waals surface area contributed by atoms with Crippen molar-refractivity contribution in [3.8, 4) is 0 Å². The lowest BCUT2D eigenvalue weighted by Gasteiger charge is -2.48. The van der Waals surface area contributed by atoms with Crippen LogP contribution in [0.4, 0.5) is 0 Å². The van der Waals surface area contributed by atoms with Gasteiger partial charge in [-0.3, -0.25) is 4.90 Å². The Balaban J connectivity index is 1.32. The van der Waals surface area contributed by atoms with Gasteiger partial charge in [0.25, 0.3) is 0 Å². The molecule has 4 fully saturated rings. The summed E-state index contributed by atoms with van der Waals surface area (Å²) in [7, 11) is 0. The molecular formula is C25H45N. The van der Waals surface area contributed by atoms with Crippen molar-refractivity contribution in [2.24, 2.45) is 11.8 Å². The second-order valence-corrected chi connectivity index (χ2v) is 10.4. The van der Waals surface area contributed by atoms with Crippen LogP contribution >= 0.6 is 0 Å². The third-order valence-corrected chi connectivity index (χ3v) is 8.62. The third kappa shape index (κ3) is 5.06. The number of hydrogen-bond acceptors (Lipinski definition) is 1. The molecule has 0 amide bonds. The van der Waals surface area contributed by atoms with E-state index in [1.165, 1.54) is 96.3 Å². The average Bonchev–Trinajstić information content (AvgIpc) is 2.72. The number of nitrogens with zero attached hydrogens (tertiary/aromatic N) is 1. The Bertz CT molecular complexity index is 361. The van der Waals surface area contributed by atoms with E-state index in [1.54, 1.807) is 32.1 Å². The minimum atomic E-state index is 0.948. The van der Waals surface area contributed by atoms with Crippen LogP contribution in [-0.2, 0) is 0 Å². The highest BCUT2D eigenvalue weighted by Crippen LogP contribution is 2.40. The molecule has 0 bridgehead atoms. The van der Waals surface area contributed by atoms with E-state index < -0.39 is 0 Å². The predicted molar refractivity (Wildman–Crippen MR) is 113 cm³/mol. The molecule has 1 nitrogen and oxygen atoms in total. The van der Waals surface area contributed by atoms with Crippen LogP contribution in [0.25, 0.3) is 0 Å². The van der Waals surface area contributed by atoms with Crippen molar-refractivity contribution in [3.63, 3.8) is 0 Å². The minimum Gasteiger partial charge on any atom is -0.294 e. The molecule has 0 aliphatic heterocycles. The quantitative estimate of drug-likeness (QED) is 0.491. The molecule has 4 rings (SSSR count). The van der Waals surface area contributed by atoms with Gasteiger partial charge in [-0.25, -0.2) is 0 Å². The number of hydrogen-bond donors (Lipinski definition) is 0. The molecule has 4 saturated carbocycles. The topological polar surface area (TPSA) is 3.24 Å². The van der Waals surface area contributed by atoms with Crippen molar-refractivity contribution in [1.82, 2.24) is 4.90 Å². The fourth-order valence-electron chi connectivity index (χ4n) is 7.23. The van der Waals surface area contributed by atoms with Crippen molar-refractivity contribution < 1.29 is 0 Å². The van der Waals surface area contributed by atoms with E-state index >= 15 is 0 Å². The molecule has 1 heteroatoms. The monoisotopic (exact) mass is 359 g/mol. The molecule has 0 unspecified atom stereocenters. The Morgan fingerprint density at radius 1 is 0.385 bits per heavy atom. The van der Waals surface area contributed by atoms with Gasteiger partial charge in [0.2, 0.25) is 0 Å². The van der Waals surface area contributed by atoms with Gasteiger partial charge in [0.1, 0.15) is 0 Å². The Morgan fingerprint density at radius 3 is 1.27 bits per heavy atom. The van der Waals surface area contributed by atoms with Gasteiger partial charge in [-0.05, 0) is 69.6 Å². The first-order chi connectivity index (χ1) is 12.9. The zero-order chi connectivity index (χ0) is 17.6. The van der Waals surface area contributed by atoms with Gasteiger partial charge >= 0.3 is 0 Å². The van der Waals surface area contributed by atoms with Crippen LogP contribution in [0.3, 0.4) is 0 Å². The third-order valence-electron chi connectivity index (χ3n) is 8.62. The van der Waals surface area contributed by atoms with Gasteiger partial charge in [0.15, 0.2) is 0 Å². The highest BCUT2D eigenvalue weighted by Gasteiger charge is 2.36. The maximum Gasteiger partial charge on any atom is 0.0101 e. The van der Waals surface area contributed by atoms with Crippen LogP contribution in [0.15, 0.2) is 0 Å². The molecule has 0 aromatic rings. The van der Waals surface area contributed by atoms with Crippen molar-refractivity contribution in [1.29, 1.82) is 0 Å². The first kappa shape index (κ1) is 19.3. The van der Waals surface area contributed by atoms with Crippen LogP contribution in [0.2, 0.25) is 0 Å². The summed E-state index contributed by atoms with van der Waals surface area (Å²) in [4.78, 5) is 3.15. The summed E-state index contributed by atoms with van der Waals surface area (Å²) in [5.74, 6) is 2.17. The average molecular weight is 360 g/mol. The molecule has 4 aliphatic rings. The van der Waals surface area contributed by atoms with E-state index in [0.29, 0.717) is 0 Å². The van der Waals surface area contributed by atoms with E-state index in [1.807, 2.05) is 0 Å². The zero-order valence-electron chi connectivity index (χ0n) is 17.5. The molecule has 150 valence electrons. The Kier molecular flexibility index (Phi) is 7.38. The van der Waals surface area contributed by atoms with Crippen molar-refractivity contribution in [3.05, 3.63) is 0 Å². The fourth-order valence-corrected chi connectivity index (χ4v) is 7.23. The molecule has 0 saturated heterocycles. The Hall–Kier alpha value is -0.0400. The molecule has 0 aromatic heterocycles. The molecule has 0 spiro atoms. The van der Waals surface area contributed by atoms with E-state index in [0.717, 1.165) is 30.0 Å². The van der Waals surface area contributed by atoms with E-state index in [4.69, 9.17) is 0 Å². The standard InChI is InChI=1S/C25H45N/c1-4-10-21(11-5-1)20-22-16-18-25(19-17-22)26(23-12-6-2-7-13-23)24-14-8-3-9-15-24/h21-25H,1-20H2. The lowest BCUT2D eigenvalue weighted by atomic mass is 9.75. The van der Waals surface area contributed by atoms with Crippen LogP contribution in [0, 0.1) is 11.8 Å². The van der Waals surface area contributed by atoms with Crippen LogP contribution < -0.4 is 0 Å². The molecule has 4 aliphatic carbocycles. The summed E-state index contributed by atoms with van der Waals surface area (Å²) >= 11 is 0. The van der Waals surface area contributed by atoms with Gasteiger partial charge in [-0.15, -0.1) is 0 Å². The second-order valence-electron chi connectivity index (χ2n) is 10.4. The SMILES string of the molecule is C1CCC(CC2CCC(N(C3CCCCC3)C3CCCCC3)CC2)CC1. The van der Waals surface area contributed by atoms with Crippen molar-refractivity contribution in [2.75, 3.05) is 0 Å². The van der Waals surface area contributed by atoms with Gasteiger partial charge in [-0.1, -0.05) is 70.6 Å². The van der Waals surface area contributed by atoms with E-state index in [9.17, 15) is 0 Å². The molecular weight excluding hydrogens is 314 g/mol. The maximum absolute atomic E-state index is 3.15. The molecule has 0 aromatic carbocycles. The highest BCUT2D eigenvalue weighted by molar-refractivity contribution is 4.91. The fraction of sp³-hybridized carbons (Fsp3) is 1.00. The zero-order valence-corrected chi connectivity index (χ0v) is 17.5. The molecule has 0 heterocycles. The minimum absolute atomic E-state index is 0.948. The van der Waals surface area contributed by atoms with Crippen molar-refractivity contribution >= 4 is 0 Å². The molecule has 0 atom stereocenters. The lowest BCUT2D eigenvalue weighted by Crippen LogP contribution is -2.52. The Morgan fingerprint density at radius 2 is 0.769 bits per heavy atom. The van der Waals surface area contributed by atoms with E-state index in [2.05, 4.69) is 4.90 Å². The van der Waals surface area contributed by atoms with Crippen LogP contribution in [0.5, 0.6) is 0 Å². The lowest BCUT2D eigenvalue weighted by molar-refractivity contribution is 0.0134. The normalized spacial score (nSPS) is 33.6. The first-order valence-corrected chi connectivity index (χ1v) is 12.7. The molecule has 0 N–H and O–H groups in total. The van der Waals surface area contributed by atoms with Gasteiger partial charge < -0.3 is 0 Å². The maximum atomic E-state index is 3.15. The predicted octanol–water partition coefficient (Wildman–Crippen LogP) is 7.48. The van der Waals surface area contributed by atoms with Gasteiger partial charge in [0, 0.05) is 18.1 Å². The number of rotatable bonds is 5. The largest absolute Gasteiger partial charge is 0.294 e. The second kappa shape index (κ2) is 9.94. The summed E-state index contributed by atoms with van der Waals surface area (Å²) < 4.78 is 0. The summed E-state index contributed by atoms with van der Waals surface area (Å²) in [5.41, 5.74) is 0. The van der Waals surface area contributed by atoms with Crippen LogP contribution in [0.1, 0.15) is 128 Å². The molecule has 0 radical (unpaired) electrons. The van der Waals surface area contributed by atoms with Crippen LogP contribution in [-0.4, -0.2) is 23.0 Å². The first-order valence-electron chi connectivity index (χ1n) is 12.7. The summed E-state index contributed by atoms with van der Waals surface area (Å²) in [5, 5.41) is 0. The highest BCUT2D eigenvalue weighted by atomic mass is 15.2.